The summed E-state index contributed by atoms with van der Waals surface area (Å²) in [7, 11) is 0. The Morgan fingerprint density at radius 1 is 0.352 bits per heavy atom. The Bertz CT molecular complexity index is 2860. The van der Waals surface area contributed by atoms with Crippen LogP contribution in [-0.4, -0.2) is 14.5 Å². The molecular weight excluding hydrogens is 657 g/mol. The lowest BCUT2D eigenvalue weighted by atomic mass is 10.0. The molecule has 0 amide bonds. The molecule has 0 aliphatic carbocycles. The number of fused-ring (bicyclic) bond motifs is 4. The SMILES string of the molecule is c1ccc(-c2ccccc2N(c2ccc(-c3nc4ccccc4nc3-c3ccccc3)cc2)c2ccc(-n3c4ccccc4c4ccccc43)cc2)cc1. The zero-order valence-electron chi connectivity index (χ0n) is 29.4. The molecule has 0 unspecified atom stereocenters. The van der Waals surface area contributed by atoms with Gasteiger partial charge in [0, 0.05) is 44.5 Å². The highest BCUT2D eigenvalue weighted by Crippen LogP contribution is 2.42. The van der Waals surface area contributed by atoms with E-state index in [1.807, 2.05) is 42.5 Å². The van der Waals surface area contributed by atoms with Crippen molar-refractivity contribution in [2.75, 3.05) is 4.90 Å². The molecule has 0 saturated carbocycles. The first kappa shape index (κ1) is 31.4. The molecule has 10 rings (SSSR count). The normalized spacial score (nSPS) is 11.3. The Balaban J connectivity index is 1.12. The van der Waals surface area contributed by atoms with Crippen LogP contribution < -0.4 is 4.90 Å². The minimum absolute atomic E-state index is 0.859. The van der Waals surface area contributed by atoms with Gasteiger partial charge < -0.3 is 9.47 Å². The van der Waals surface area contributed by atoms with Crippen molar-refractivity contribution in [2.45, 2.75) is 0 Å². The number of hydrogen-bond acceptors (Lipinski definition) is 3. The van der Waals surface area contributed by atoms with Gasteiger partial charge in [-0.25, -0.2) is 9.97 Å². The third-order valence-electron chi connectivity index (χ3n) is 10.2. The zero-order chi connectivity index (χ0) is 35.8. The molecular formula is C50H34N4. The Morgan fingerprint density at radius 3 is 1.39 bits per heavy atom. The van der Waals surface area contributed by atoms with Crippen LogP contribution in [0.25, 0.3) is 72.2 Å². The van der Waals surface area contributed by atoms with E-state index in [1.54, 1.807) is 0 Å². The van der Waals surface area contributed by atoms with E-state index < -0.39 is 0 Å². The molecule has 2 heterocycles. The Hall–Kier alpha value is -7.30. The molecule has 10 aromatic rings. The third kappa shape index (κ3) is 5.49. The van der Waals surface area contributed by atoms with Gasteiger partial charge in [0.2, 0.25) is 0 Å². The molecule has 8 aromatic carbocycles. The van der Waals surface area contributed by atoms with Gasteiger partial charge in [0.25, 0.3) is 0 Å². The molecule has 0 aliphatic rings. The molecule has 254 valence electrons. The van der Waals surface area contributed by atoms with E-state index in [9.17, 15) is 0 Å². The molecule has 0 aliphatic heterocycles. The van der Waals surface area contributed by atoms with Crippen LogP contribution in [0, 0.1) is 0 Å². The summed E-state index contributed by atoms with van der Waals surface area (Å²) in [5.41, 5.74) is 14.5. The van der Waals surface area contributed by atoms with Gasteiger partial charge in [-0.1, -0.05) is 140 Å². The lowest BCUT2D eigenvalue weighted by Crippen LogP contribution is -2.11. The second-order valence-corrected chi connectivity index (χ2v) is 13.4. The predicted molar refractivity (Wildman–Crippen MR) is 225 cm³/mol. The molecule has 54 heavy (non-hydrogen) atoms. The maximum Gasteiger partial charge on any atom is 0.0973 e. The number of benzene rings is 8. The minimum Gasteiger partial charge on any atom is -0.310 e. The number of hydrogen-bond donors (Lipinski definition) is 0. The van der Waals surface area contributed by atoms with E-state index in [2.05, 4.69) is 173 Å². The predicted octanol–water partition coefficient (Wildman–Crippen LogP) is 13.2. The Morgan fingerprint density at radius 2 is 0.796 bits per heavy atom. The number of rotatable bonds is 7. The summed E-state index contributed by atoms with van der Waals surface area (Å²) >= 11 is 0. The second-order valence-electron chi connectivity index (χ2n) is 13.4. The van der Waals surface area contributed by atoms with E-state index in [-0.39, 0.29) is 0 Å². The molecule has 2 aromatic heterocycles. The summed E-state index contributed by atoms with van der Waals surface area (Å²) in [6, 6.07) is 72.6. The van der Waals surface area contributed by atoms with E-state index in [1.165, 1.54) is 21.8 Å². The first-order valence-corrected chi connectivity index (χ1v) is 18.3. The van der Waals surface area contributed by atoms with Crippen LogP contribution >= 0.6 is 0 Å². The maximum absolute atomic E-state index is 5.17. The van der Waals surface area contributed by atoms with Crippen LogP contribution in [0.5, 0.6) is 0 Å². The molecule has 0 fully saturated rings. The van der Waals surface area contributed by atoms with Crippen molar-refractivity contribution in [1.82, 2.24) is 14.5 Å². The quantitative estimate of drug-likeness (QED) is 0.167. The second kappa shape index (κ2) is 13.4. The van der Waals surface area contributed by atoms with Crippen molar-refractivity contribution in [2.24, 2.45) is 0 Å². The van der Waals surface area contributed by atoms with Gasteiger partial charge in [0.05, 0.1) is 39.1 Å². The summed E-state index contributed by atoms with van der Waals surface area (Å²) in [4.78, 5) is 12.6. The number of nitrogens with zero attached hydrogens (tertiary/aromatic N) is 4. The number of aromatic nitrogens is 3. The van der Waals surface area contributed by atoms with Gasteiger partial charge in [-0.05, 0) is 72.3 Å². The lowest BCUT2D eigenvalue weighted by Gasteiger charge is -2.28. The number of anilines is 3. The fraction of sp³-hybridized carbons (Fsp3) is 0. The van der Waals surface area contributed by atoms with Crippen molar-refractivity contribution in [1.29, 1.82) is 0 Å². The molecule has 4 nitrogen and oxygen atoms in total. The van der Waals surface area contributed by atoms with Crippen LogP contribution in [0.3, 0.4) is 0 Å². The summed E-state index contributed by atoms with van der Waals surface area (Å²) in [5, 5.41) is 2.50. The van der Waals surface area contributed by atoms with Crippen LogP contribution in [0.1, 0.15) is 0 Å². The highest BCUT2D eigenvalue weighted by molar-refractivity contribution is 6.09. The van der Waals surface area contributed by atoms with Gasteiger partial charge in [-0.15, -0.1) is 0 Å². The topological polar surface area (TPSA) is 34.0 Å². The average molecular weight is 691 g/mol. The van der Waals surface area contributed by atoms with E-state index in [0.29, 0.717) is 0 Å². The number of para-hydroxylation sites is 5. The lowest BCUT2D eigenvalue weighted by molar-refractivity contribution is 1.17. The van der Waals surface area contributed by atoms with Gasteiger partial charge in [0.1, 0.15) is 0 Å². The van der Waals surface area contributed by atoms with Crippen LogP contribution in [0.4, 0.5) is 17.1 Å². The van der Waals surface area contributed by atoms with E-state index in [0.717, 1.165) is 67.4 Å². The van der Waals surface area contributed by atoms with Crippen molar-refractivity contribution >= 4 is 49.9 Å². The highest BCUT2D eigenvalue weighted by Gasteiger charge is 2.20. The zero-order valence-corrected chi connectivity index (χ0v) is 29.4. The summed E-state index contributed by atoms with van der Waals surface area (Å²) in [6.07, 6.45) is 0. The van der Waals surface area contributed by atoms with E-state index in [4.69, 9.17) is 9.97 Å². The standard InChI is InChI=1S/C50H34N4/c1-3-15-35(16-4-1)41-19-7-12-24-46(41)53(39-31-33-40(34-32-39)54-47-25-13-8-20-42(47)43-21-9-14-26-48(43)54)38-29-27-37(28-30-38)50-49(36-17-5-2-6-18-36)51-44-22-10-11-23-45(44)52-50/h1-34H. The van der Waals surface area contributed by atoms with Crippen molar-refractivity contribution in [3.05, 3.63) is 206 Å². The molecule has 0 N–H and O–H groups in total. The molecule has 0 radical (unpaired) electrons. The molecule has 0 atom stereocenters. The largest absolute Gasteiger partial charge is 0.310 e. The summed E-state index contributed by atoms with van der Waals surface area (Å²) < 4.78 is 2.36. The van der Waals surface area contributed by atoms with Crippen LogP contribution in [0.2, 0.25) is 0 Å². The van der Waals surface area contributed by atoms with Gasteiger partial charge in [-0.2, -0.15) is 0 Å². The highest BCUT2D eigenvalue weighted by atomic mass is 15.1. The van der Waals surface area contributed by atoms with Crippen LogP contribution in [-0.2, 0) is 0 Å². The Kier molecular flexibility index (Phi) is 7.77. The first-order valence-electron chi connectivity index (χ1n) is 18.3. The first-order chi connectivity index (χ1) is 26.8. The average Bonchev–Trinajstić information content (AvgIpc) is 3.59. The summed E-state index contributed by atoms with van der Waals surface area (Å²) in [5.74, 6) is 0. The van der Waals surface area contributed by atoms with Crippen LogP contribution in [0.15, 0.2) is 206 Å². The van der Waals surface area contributed by atoms with Crippen molar-refractivity contribution in [3.63, 3.8) is 0 Å². The smallest absolute Gasteiger partial charge is 0.0973 e. The molecule has 0 saturated heterocycles. The van der Waals surface area contributed by atoms with Crippen molar-refractivity contribution < 1.29 is 0 Å². The van der Waals surface area contributed by atoms with Gasteiger partial charge in [-0.3, -0.25) is 0 Å². The van der Waals surface area contributed by atoms with Gasteiger partial charge in [0.15, 0.2) is 0 Å². The third-order valence-corrected chi connectivity index (χ3v) is 10.2. The summed E-state index contributed by atoms with van der Waals surface area (Å²) in [6.45, 7) is 0. The monoisotopic (exact) mass is 690 g/mol. The van der Waals surface area contributed by atoms with E-state index >= 15 is 0 Å². The minimum atomic E-state index is 0.859. The fourth-order valence-electron chi connectivity index (χ4n) is 7.68. The fourth-order valence-corrected chi connectivity index (χ4v) is 7.68. The molecule has 4 heteroatoms. The molecule has 0 spiro atoms. The Labute approximate surface area is 313 Å². The molecule has 0 bridgehead atoms. The van der Waals surface area contributed by atoms with Gasteiger partial charge >= 0.3 is 0 Å². The maximum atomic E-state index is 5.17. The van der Waals surface area contributed by atoms with Crippen molar-refractivity contribution in [3.8, 4) is 39.3 Å².